The summed E-state index contributed by atoms with van der Waals surface area (Å²) < 4.78 is 4.67. The molecule has 1 aromatic carbocycles. The normalized spacial score (nSPS) is 10.4. The maximum Gasteiger partial charge on any atom is 0.349 e. The molecular weight excluding hydrogens is 246 g/mol. The Labute approximate surface area is 110 Å². The van der Waals surface area contributed by atoms with Crippen LogP contribution in [0.3, 0.4) is 0 Å². The minimum Gasteiger partial charge on any atom is -0.465 e. The number of ether oxygens (including phenoxy) is 1. The van der Waals surface area contributed by atoms with Crippen molar-refractivity contribution < 1.29 is 9.53 Å². The fourth-order valence-electron chi connectivity index (χ4n) is 1.93. The van der Waals surface area contributed by atoms with Crippen molar-refractivity contribution in [3.8, 4) is 0 Å². The van der Waals surface area contributed by atoms with Crippen LogP contribution < -0.4 is 0 Å². The number of benzene rings is 1. The second-order valence-corrected chi connectivity index (χ2v) is 5.40. The number of aryl methyl sites for hydroxylation is 2. The maximum absolute atomic E-state index is 11.3. The van der Waals surface area contributed by atoms with Gasteiger partial charge in [0.25, 0.3) is 0 Å². The zero-order valence-corrected chi connectivity index (χ0v) is 11.5. The average molecular weight is 261 g/mol. The molecule has 0 N–H and O–H groups in total. The highest BCUT2D eigenvalue weighted by atomic mass is 32.1. The summed E-state index contributed by atoms with van der Waals surface area (Å²) in [6.07, 6.45) is 2.33. The fourth-order valence-corrected chi connectivity index (χ4v) is 2.80. The lowest BCUT2D eigenvalue weighted by molar-refractivity contribution is 0.0606. The smallest absolute Gasteiger partial charge is 0.349 e. The van der Waals surface area contributed by atoms with Gasteiger partial charge in [0.05, 0.1) is 18.3 Å². The number of methoxy groups -OCH3 is 1. The van der Waals surface area contributed by atoms with Crippen molar-refractivity contribution in [2.24, 2.45) is 0 Å². The number of hydrogen-bond donors (Lipinski definition) is 0. The van der Waals surface area contributed by atoms with Crippen LogP contribution in [0.15, 0.2) is 24.4 Å². The number of carbonyl (C=O) groups is 1. The van der Waals surface area contributed by atoms with Crippen LogP contribution in [0.2, 0.25) is 0 Å². The van der Waals surface area contributed by atoms with Crippen LogP contribution in [0.25, 0.3) is 0 Å². The van der Waals surface area contributed by atoms with Gasteiger partial charge in [-0.1, -0.05) is 29.3 Å². The van der Waals surface area contributed by atoms with Crippen LogP contribution in [0, 0.1) is 13.8 Å². The van der Waals surface area contributed by atoms with Crippen LogP contribution in [0.1, 0.15) is 31.4 Å². The van der Waals surface area contributed by atoms with E-state index in [-0.39, 0.29) is 5.97 Å². The zero-order valence-electron chi connectivity index (χ0n) is 10.7. The van der Waals surface area contributed by atoms with Gasteiger partial charge in [-0.25, -0.2) is 9.78 Å². The van der Waals surface area contributed by atoms with Gasteiger partial charge in [-0.05, 0) is 19.4 Å². The molecule has 0 aliphatic rings. The molecular formula is C14H15NO2S. The molecule has 3 nitrogen and oxygen atoms in total. The van der Waals surface area contributed by atoms with Crippen molar-refractivity contribution in [1.29, 1.82) is 0 Å². The van der Waals surface area contributed by atoms with Gasteiger partial charge in [0.2, 0.25) is 0 Å². The molecule has 2 rings (SSSR count). The van der Waals surface area contributed by atoms with E-state index in [9.17, 15) is 4.79 Å². The first-order chi connectivity index (χ1) is 8.58. The Morgan fingerprint density at radius 3 is 2.56 bits per heavy atom. The monoisotopic (exact) mass is 261 g/mol. The summed E-state index contributed by atoms with van der Waals surface area (Å²) >= 11 is 1.39. The summed E-state index contributed by atoms with van der Waals surface area (Å²) in [7, 11) is 1.38. The Morgan fingerprint density at radius 1 is 1.28 bits per heavy atom. The first kappa shape index (κ1) is 12.8. The van der Waals surface area contributed by atoms with Gasteiger partial charge in [0, 0.05) is 6.42 Å². The fraction of sp³-hybridized carbons (Fsp3) is 0.286. The number of aromatic nitrogens is 1. The molecule has 0 spiro atoms. The zero-order chi connectivity index (χ0) is 13.1. The molecule has 0 amide bonds. The first-order valence-corrected chi connectivity index (χ1v) is 6.50. The highest BCUT2D eigenvalue weighted by Crippen LogP contribution is 2.19. The van der Waals surface area contributed by atoms with Gasteiger partial charge in [0.15, 0.2) is 0 Å². The minimum absolute atomic E-state index is 0.320. The largest absolute Gasteiger partial charge is 0.465 e. The molecule has 4 heteroatoms. The number of thiazole rings is 1. The van der Waals surface area contributed by atoms with E-state index in [2.05, 4.69) is 41.8 Å². The number of hydrogen-bond acceptors (Lipinski definition) is 4. The van der Waals surface area contributed by atoms with E-state index < -0.39 is 0 Å². The topological polar surface area (TPSA) is 39.2 Å². The summed E-state index contributed by atoms with van der Waals surface area (Å²) in [5.41, 5.74) is 3.71. The van der Waals surface area contributed by atoms with Crippen LogP contribution in [-0.2, 0) is 11.2 Å². The molecule has 0 radical (unpaired) electrons. The lowest BCUT2D eigenvalue weighted by Gasteiger charge is -2.02. The number of carbonyl (C=O) groups excluding carboxylic acids is 1. The molecule has 0 fully saturated rings. The second kappa shape index (κ2) is 5.31. The maximum atomic E-state index is 11.3. The molecule has 1 heterocycles. The number of rotatable bonds is 3. The van der Waals surface area contributed by atoms with Crippen LogP contribution >= 0.6 is 11.3 Å². The van der Waals surface area contributed by atoms with E-state index in [4.69, 9.17) is 0 Å². The van der Waals surface area contributed by atoms with Crippen LogP contribution in [0.4, 0.5) is 0 Å². The summed E-state index contributed by atoms with van der Waals surface area (Å²) in [6.45, 7) is 4.16. The SMILES string of the molecule is COC(=O)c1cnc(Cc2cc(C)cc(C)c2)s1. The van der Waals surface area contributed by atoms with Crippen molar-refractivity contribution in [2.75, 3.05) is 7.11 Å². The van der Waals surface area contributed by atoms with Gasteiger partial charge in [-0.2, -0.15) is 0 Å². The Morgan fingerprint density at radius 2 is 1.94 bits per heavy atom. The molecule has 2 aromatic rings. The summed E-state index contributed by atoms with van der Waals surface area (Å²) in [4.78, 5) is 16.1. The highest BCUT2D eigenvalue weighted by Gasteiger charge is 2.10. The quantitative estimate of drug-likeness (QED) is 0.797. The van der Waals surface area contributed by atoms with E-state index in [1.54, 1.807) is 6.20 Å². The summed E-state index contributed by atoms with van der Waals surface area (Å²) in [5.74, 6) is -0.320. The second-order valence-electron chi connectivity index (χ2n) is 4.28. The lowest BCUT2D eigenvalue weighted by Crippen LogP contribution is -1.96. The van der Waals surface area contributed by atoms with Crippen molar-refractivity contribution in [2.45, 2.75) is 20.3 Å². The van der Waals surface area contributed by atoms with Crippen LogP contribution in [-0.4, -0.2) is 18.1 Å². The summed E-state index contributed by atoms with van der Waals surface area (Å²) in [6, 6.07) is 6.43. The Balaban J connectivity index is 2.18. The predicted molar refractivity (Wildman–Crippen MR) is 72.2 cm³/mol. The third kappa shape index (κ3) is 2.96. The molecule has 0 aliphatic heterocycles. The van der Waals surface area contributed by atoms with E-state index in [0.29, 0.717) is 4.88 Å². The highest BCUT2D eigenvalue weighted by molar-refractivity contribution is 7.13. The molecule has 18 heavy (non-hydrogen) atoms. The average Bonchev–Trinajstić information content (AvgIpc) is 2.75. The van der Waals surface area contributed by atoms with Crippen molar-refractivity contribution in [3.63, 3.8) is 0 Å². The van der Waals surface area contributed by atoms with Crippen LogP contribution in [0.5, 0.6) is 0 Å². The van der Waals surface area contributed by atoms with Gasteiger partial charge in [-0.3, -0.25) is 0 Å². The molecule has 94 valence electrons. The molecule has 0 saturated heterocycles. The standard InChI is InChI=1S/C14H15NO2S/c1-9-4-10(2)6-11(5-9)7-13-15-8-12(18-13)14(16)17-3/h4-6,8H,7H2,1-3H3. The summed E-state index contributed by atoms with van der Waals surface area (Å²) in [5, 5.41) is 0.931. The molecule has 1 aromatic heterocycles. The Kier molecular flexibility index (Phi) is 3.77. The van der Waals surface area contributed by atoms with Crippen molar-refractivity contribution in [1.82, 2.24) is 4.98 Å². The number of nitrogens with zero attached hydrogens (tertiary/aromatic N) is 1. The van der Waals surface area contributed by atoms with E-state index in [1.165, 1.54) is 35.1 Å². The lowest BCUT2D eigenvalue weighted by atomic mass is 10.1. The number of esters is 1. The van der Waals surface area contributed by atoms with Gasteiger partial charge in [0.1, 0.15) is 4.88 Å². The first-order valence-electron chi connectivity index (χ1n) is 5.68. The molecule has 0 aliphatic carbocycles. The Bertz CT molecular complexity index is 555. The third-order valence-electron chi connectivity index (χ3n) is 2.58. The van der Waals surface area contributed by atoms with E-state index in [0.717, 1.165) is 11.4 Å². The predicted octanol–water partition coefficient (Wildman–Crippen LogP) is 3.14. The third-order valence-corrected chi connectivity index (χ3v) is 3.55. The van der Waals surface area contributed by atoms with E-state index >= 15 is 0 Å². The van der Waals surface area contributed by atoms with Crippen molar-refractivity contribution in [3.05, 3.63) is 51.0 Å². The van der Waals surface area contributed by atoms with Crippen molar-refractivity contribution >= 4 is 17.3 Å². The minimum atomic E-state index is -0.320. The van der Waals surface area contributed by atoms with Gasteiger partial charge >= 0.3 is 5.97 Å². The molecule has 0 bridgehead atoms. The molecule has 0 unspecified atom stereocenters. The van der Waals surface area contributed by atoms with Gasteiger partial charge in [-0.15, -0.1) is 11.3 Å². The molecule has 0 saturated carbocycles. The van der Waals surface area contributed by atoms with E-state index in [1.807, 2.05) is 0 Å². The van der Waals surface area contributed by atoms with Gasteiger partial charge < -0.3 is 4.74 Å². The molecule has 0 atom stereocenters. The Hall–Kier alpha value is -1.68.